The Kier molecular flexibility index (Phi) is 11.7. The highest BCUT2D eigenvalue weighted by molar-refractivity contribution is 5.76. The number of aryl methyl sites for hydroxylation is 1. The normalized spacial score (nSPS) is 13.1. The van der Waals surface area contributed by atoms with Gasteiger partial charge in [0.15, 0.2) is 0 Å². The van der Waals surface area contributed by atoms with Crippen LogP contribution in [-0.2, 0) is 4.79 Å². The molecule has 0 fully saturated rings. The summed E-state index contributed by atoms with van der Waals surface area (Å²) >= 11 is 0. The van der Waals surface area contributed by atoms with Crippen molar-refractivity contribution in [3.05, 3.63) is 58.8 Å². The van der Waals surface area contributed by atoms with Crippen molar-refractivity contribution in [1.82, 2.24) is 4.98 Å². The van der Waals surface area contributed by atoms with Gasteiger partial charge in [-0.1, -0.05) is 41.0 Å². The molecule has 2 N–H and O–H groups in total. The molecule has 0 aromatic carbocycles. The molecule has 0 aliphatic heterocycles. The first kappa shape index (κ1) is 24.7. The second kappa shape index (κ2) is 13.8. The summed E-state index contributed by atoms with van der Waals surface area (Å²) in [5.41, 5.74) is 5.27. The van der Waals surface area contributed by atoms with Gasteiger partial charge in [-0.3, -0.25) is 0 Å². The van der Waals surface area contributed by atoms with E-state index in [1.807, 2.05) is 19.1 Å². The van der Waals surface area contributed by atoms with Gasteiger partial charge in [0.2, 0.25) is 0 Å². The van der Waals surface area contributed by atoms with E-state index < -0.39 is 12.0 Å². The molecule has 0 amide bonds. The molecule has 4 heteroatoms. The first-order chi connectivity index (χ1) is 13.8. The predicted octanol–water partition coefficient (Wildman–Crippen LogP) is 6.84. The molecule has 160 valence electrons. The Bertz CT molecular complexity index is 711. The number of aliphatic carboxylic acids is 1. The predicted molar refractivity (Wildman–Crippen MR) is 123 cm³/mol. The molecular formula is C25H38N2O2. The van der Waals surface area contributed by atoms with E-state index in [9.17, 15) is 9.90 Å². The van der Waals surface area contributed by atoms with Crippen LogP contribution < -0.4 is 5.32 Å². The molecule has 29 heavy (non-hydrogen) atoms. The monoisotopic (exact) mass is 398 g/mol. The molecule has 0 aliphatic carbocycles. The van der Waals surface area contributed by atoms with Crippen LogP contribution in [0, 0.1) is 6.92 Å². The quantitative estimate of drug-likeness (QED) is 0.282. The van der Waals surface area contributed by atoms with Gasteiger partial charge in [-0.25, -0.2) is 9.78 Å². The van der Waals surface area contributed by atoms with Crippen molar-refractivity contribution in [2.75, 3.05) is 5.32 Å². The van der Waals surface area contributed by atoms with E-state index >= 15 is 0 Å². The van der Waals surface area contributed by atoms with Crippen molar-refractivity contribution >= 4 is 11.8 Å². The summed E-state index contributed by atoms with van der Waals surface area (Å²) in [7, 11) is 0. The highest BCUT2D eigenvalue weighted by atomic mass is 16.4. The largest absolute Gasteiger partial charge is 0.480 e. The lowest BCUT2D eigenvalue weighted by atomic mass is 10.0. The number of anilines is 1. The van der Waals surface area contributed by atoms with Crippen molar-refractivity contribution in [2.24, 2.45) is 0 Å². The van der Waals surface area contributed by atoms with Gasteiger partial charge in [0, 0.05) is 6.20 Å². The summed E-state index contributed by atoms with van der Waals surface area (Å²) in [6, 6.07) is 3.15. The molecule has 0 radical (unpaired) electrons. The van der Waals surface area contributed by atoms with Crippen molar-refractivity contribution in [1.29, 1.82) is 0 Å². The topological polar surface area (TPSA) is 62.2 Å². The minimum absolute atomic E-state index is 0.581. The van der Waals surface area contributed by atoms with Crippen LogP contribution in [0.25, 0.3) is 0 Å². The molecule has 0 aliphatic rings. The fourth-order valence-electron chi connectivity index (χ4n) is 3.00. The van der Waals surface area contributed by atoms with Crippen LogP contribution in [0.1, 0.15) is 78.2 Å². The number of hydrogen-bond acceptors (Lipinski definition) is 3. The third-order valence-corrected chi connectivity index (χ3v) is 4.84. The molecule has 0 spiro atoms. The third-order valence-electron chi connectivity index (χ3n) is 4.84. The molecule has 1 aromatic heterocycles. The first-order valence-electron chi connectivity index (χ1n) is 10.6. The van der Waals surface area contributed by atoms with Crippen LogP contribution >= 0.6 is 0 Å². The van der Waals surface area contributed by atoms with Gasteiger partial charge in [0.05, 0.1) is 0 Å². The van der Waals surface area contributed by atoms with Crippen LogP contribution in [0.2, 0.25) is 0 Å². The van der Waals surface area contributed by atoms with Crippen molar-refractivity contribution in [3.8, 4) is 0 Å². The van der Waals surface area contributed by atoms with Gasteiger partial charge in [-0.15, -0.1) is 0 Å². The number of nitrogens with zero attached hydrogens (tertiary/aromatic N) is 1. The average molecular weight is 399 g/mol. The Balaban J connectivity index is 2.33. The summed E-state index contributed by atoms with van der Waals surface area (Å²) in [4.78, 5) is 15.7. The Morgan fingerprint density at radius 3 is 2.21 bits per heavy atom. The summed E-state index contributed by atoms with van der Waals surface area (Å²) < 4.78 is 0. The summed E-state index contributed by atoms with van der Waals surface area (Å²) in [6.07, 6.45) is 15.3. The summed E-state index contributed by atoms with van der Waals surface area (Å²) in [5.74, 6) is -0.219. The van der Waals surface area contributed by atoms with Gasteiger partial charge < -0.3 is 10.4 Å². The lowest BCUT2D eigenvalue weighted by Gasteiger charge is -2.14. The summed E-state index contributed by atoms with van der Waals surface area (Å²) in [6.45, 7) is 10.6. The highest BCUT2D eigenvalue weighted by Gasteiger charge is 2.16. The maximum atomic E-state index is 11.5. The van der Waals surface area contributed by atoms with E-state index in [2.05, 4.69) is 56.2 Å². The summed E-state index contributed by atoms with van der Waals surface area (Å²) in [5, 5.41) is 12.5. The standard InChI is InChI=1S/C25H38N2O2/c1-19(2)10-8-12-21(4)14-9-13-20(3)11-6-7-15-23(25(28)29)27-24-17-16-22(5)18-26-24/h10-11,14,16-18,23H,6-9,12-13,15H2,1-5H3,(H,26,27)(H,28,29)/b20-11+,21-14+. The van der Waals surface area contributed by atoms with Crippen LogP contribution in [0.15, 0.2) is 53.3 Å². The van der Waals surface area contributed by atoms with Crippen LogP contribution in [0.3, 0.4) is 0 Å². The van der Waals surface area contributed by atoms with Crippen LogP contribution in [-0.4, -0.2) is 22.1 Å². The third kappa shape index (κ3) is 11.9. The van der Waals surface area contributed by atoms with Crippen LogP contribution in [0.5, 0.6) is 0 Å². The van der Waals surface area contributed by atoms with Crippen molar-refractivity contribution in [3.63, 3.8) is 0 Å². The Morgan fingerprint density at radius 1 is 1.03 bits per heavy atom. The number of carbonyl (C=O) groups is 1. The molecule has 1 rings (SSSR count). The molecule has 0 bridgehead atoms. The minimum atomic E-state index is -0.832. The van der Waals surface area contributed by atoms with Gasteiger partial charge >= 0.3 is 5.97 Å². The maximum Gasteiger partial charge on any atom is 0.326 e. The van der Waals surface area contributed by atoms with E-state index in [-0.39, 0.29) is 0 Å². The van der Waals surface area contributed by atoms with Gasteiger partial charge in [-0.2, -0.15) is 0 Å². The molecule has 1 unspecified atom stereocenters. The molecule has 0 saturated heterocycles. The lowest BCUT2D eigenvalue weighted by molar-refractivity contribution is -0.138. The number of unbranched alkanes of at least 4 members (excludes halogenated alkanes) is 1. The lowest BCUT2D eigenvalue weighted by Crippen LogP contribution is -2.29. The second-order valence-electron chi connectivity index (χ2n) is 8.15. The fourth-order valence-corrected chi connectivity index (χ4v) is 3.00. The van der Waals surface area contributed by atoms with Gasteiger partial charge in [0.1, 0.15) is 11.9 Å². The number of pyridine rings is 1. The molecular weight excluding hydrogens is 360 g/mol. The number of carboxylic acids is 1. The molecule has 4 nitrogen and oxygen atoms in total. The van der Waals surface area contributed by atoms with E-state index in [0.29, 0.717) is 12.2 Å². The van der Waals surface area contributed by atoms with E-state index in [1.165, 1.54) is 16.7 Å². The number of hydrogen-bond donors (Lipinski definition) is 2. The number of allylic oxidation sites excluding steroid dienone is 6. The van der Waals surface area contributed by atoms with E-state index in [4.69, 9.17) is 0 Å². The molecule has 0 saturated carbocycles. The number of carboxylic acid groups (broad SMARTS) is 1. The smallest absolute Gasteiger partial charge is 0.326 e. The SMILES string of the molecule is CC(C)=CCC/C(C)=C/CC/C(C)=C/CCCC(Nc1ccc(C)cn1)C(=O)O. The zero-order valence-corrected chi connectivity index (χ0v) is 18.8. The van der Waals surface area contributed by atoms with E-state index in [0.717, 1.165) is 44.1 Å². The van der Waals surface area contributed by atoms with Gasteiger partial charge in [0.25, 0.3) is 0 Å². The number of nitrogens with one attached hydrogen (secondary N) is 1. The zero-order valence-electron chi connectivity index (χ0n) is 18.8. The Labute approximate surface area is 176 Å². The maximum absolute atomic E-state index is 11.5. The fraction of sp³-hybridized carbons (Fsp3) is 0.520. The average Bonchev–Trinajstić information content (AvgIpc) is 2.65. The minimum Gasteiger partial charge on any atom is -0.480 e. The molecule has 1 aromatic rings. The highest BCUT2D eigenvalue weighted by Crippen LogP contribution is 2.14. The molecule has 1 atom stereocenters. The van der Waals surface area contributed by atoms with Crippen molar-refractivity contribution < 1.29 is 9.90 Å². The van der Waals surface area contributed by atoms with Crippen molar-refractivity contribution in [2.45, 2.75) is 85.6 Å². The second-order valence-corrected chi connectivity index (χ2v) is 8.15. The first-order valence-corrected chi connectivity index (χ1v) is 10.6. The number of rotatable bonds is 13. The van der Waals surface area contributed by atoms with E-state index in [1.54, 1.807) is 6.20 Å². The number of aromatic nitrogens is 1. The zero-order chi connectivity index (χ0) is 21.6. The Hall–Kier alpha value is -2.36. The Morgan fingerprint density at radius 2 is 1.66 bits per heavy atom. The van der Waals surface area contributed by atoms with Gasteiger partial charge in [-0.05, 0) is 91.2 Å². The van der Waals surface area contributed by atoms with Crippen LogP contribution in [0.4, 0.5) is 5.82 Å². The molecule has 1 heterocycles.